The number of halogens is 1. The predicted octanol–water partition coefficient (Wildman–Crippen LogP) is 2.94. The Hall–Kier alpha value is -1.29. The van der Waals surface area contributed by atoms with Gasteiger partial charge in [0.2, 0.25) is 0 Å². The van der Waals surface area contributed by atoms with E-state index in [1.165, 1.54) is 19.3 Å². The minimum Gasteiger partial charge on any atom is -0.373 e. The number of carbonyl (C=O) groups is 1. The molecule has 1 aliphatic carbocycles. The van der Waals surface area contributed by atoms with Crippen LogP contribution in [-0.4, -0.2) is 24.5 Å². The Bertz CT molecular complexity index is 464. The van der Waals surface area contributed by atoms with Gasteiger partial charge in [0.25, 0.3) is 5.91 Å². The highest BCUT2D eigenvalue weighted by molar-refractivity contribution is 6.33. The minimum atomic E-state index is -0.193. The number of carbonyl (C=O) groups excluding carboxylic acids is 1. The van der Waals surface area contributed by atoms with Crippen LogP contribution in [0, 0.1) is 11.8 Å². The minimum absolute atomic E-state index is 0.193. The maximum absolute atomic E-state index is 12.1. The van der Waals surface area contributed by atoms with Crippen LogP contribution in [0.2, 0.25) is 5.02 Å². The van der Waals surface area contributed by atoms with Crippen molar-refractivity contribution in [3.05, 3.63) is 22.8 Å². The Kier molecular flexibility index (Phi) is 4.64. The molecule has 0 bridgehead atoms. The van der Waals surface area contributed by atoms with Gasteiger partial charge in [0.1, 0.15) is 11.5 Å². The smallest absolute Gasteiger partial charge is 0.271 e. The summed E-state index contributed by atoms with van der Waals surface area (Å²) in [6, 6.07) is 3.44. The van der Waals surface area contributed by atoms with Gasteiger partial charge in [-0.15, -0.1) is 0 Å². The van der Waals surface area contributed by atoms with Crippen molar-refractivity contribution in [2.45, 2.75) is 26.2 Å². The van der Waals surface area contributed by atoms with Gasteiger partial charge in [-0.2, -0.15) is 0 Å². The van der Waals surface area contributed by atoms with Crippen LogP contribution in [-0.2, 0) is 0 Å². The summed E-state index contributed by atoms with van der Waals surface area (Å²) in [6.07, 6.45) is 3.71. The van der Waals surface area contributed by atoms with E-state index in [-0.39, 0.29) is 5.91 Å². The Morgan fingerprint density at radius 1 is 1.47 bits per heavy atom. The molecule has 1 aromatic rings. The quantitative estimate of drug-likeness (QED) is 0.892. The van der Waals surface area contributed by atoms with Gasteiger partial charge in [0.05, 0.1) is 5.02 Å². The molecule has 0 aliphatic heterocycles. The number of aromatic nitrogens is 1. The van der Waals surface area contributed by atoms with Crippen LogP contribution in [0.15, 0.2) is 12.1 Å². The molecule has 0 spiro atoms. The molecule has 19 heavy (non-hydrogen) atoms. The zero-order valence-electron chi connectivity index (χ0n) is 11.4. The van der Waals surface area contributed by atoms with Crippen LogP contribution in [0.5, 0.6) is 0 Å². The maximum Gasteiger partial charge on any atom is 0.271 e. The first kappa shape index (κ1) is 14.1. The van der Waals surface area contributed by atoms with Crippen LogP contribution in [0.25, 0.3) is 0 Å². The summed E-state index contributed by atoms with van der Waals surface area (Å²) in [4.78, 5) is 16.3. The molecule has 2 unspecified atom stereocenters. The first-order valence-corrected chi connectivity index (χ1v) is 7.12. The van der Waals surface area contributed by atoms with Crippen molar-refractivity contribution < 1.29 is 4.79 Å². The van der Waals surface area contributed by atoms with Gasteiger partial charge in [-0.1, -0.05) is 31.4 Å². The van der Waals surface area contributed by atoms with Gasteiger partial charge in [0, 0.05) is 13.6 Å². The highest BCUT2D eigenvalue weighted by Gasteiger charge is 2.24. The summed E-state index contributed by atoms with van der Waals surface area (Å²) in [5.41, 5.74) is 0.291. The fourth-order valence-electron chi connectivity index (χ4n) is 2.57. The Labute approximate surface area is 118 Å². The first-order chi connectivity index (χ1) is 9.11. The zero-order valence-corrected chi connectivity index (χ0v) is 12.1. The molecule has 1 fully saturated rings. The first-order valence-electron chi connectivity index (χ1n) is 6.74. The van der Waals surface area contributed by atoms with Crippen molar-refractivity contribution in [3.8, 4) is 0 Å². The second-order valence-corrected chi connectivity index (χ2v) is 5.56. The maximum atomic E-state index is 12.1. The van der Waals surface area contributed by atoms with E-state index in [1.54, 1.807) is 19.2 Å². The highest BCUT2D eigenvalue weighted by atomic mass is 35.5. The van der Waals surface area contributed by atoms with E-state index >= 15 is 0 Å². The summed E-state index contributed by atoms with van der Waals surface area (Å²) in [7, 11) is 1.76. The topological polar surface area (TPSA) is 54.0 Å². The molecule has 5 heteroatoms. The van der Waals surface area contributed by atoms with Gasteiger partial charge in [-0.3, -0.25) is 4.79 Å². The van der Waals surface area contributed by atoms with Crippen LogP contribution in [0.4, 0.5) is 5.82 Å². The molecule has 0 saturated heterocycles. The number of rotatable bonds is 4. The molecule has 104 valence electrons. The van der Waals surface area contributed by atoms with Crippen LogP contribution < -0.4 is 10.6 Å². The molecule has 1 aromatic heterocycles. The molecule has 1 aliphatic rings. The second-order valence-electron chi connectivity index (χ2n) is 5.16. The van der Waals surface area contributed by atoms with Crippen LogP contribution >= 0.6 is 11.6 Å². The number of nitrogens with zero attached hydrogens (tertiary/aromatic N) is 1. The number of anilines is 1. The number of hydrogen-bond donors (Lipinski definition) is 2. The summed E-state index contributed by atoms with van der Waals surface area (Å²) in [5.74, 6) is 1.72. The number of pyridine rings is 1. The lowest BCUT2D eigenvalue weighted by molar-refractivity contribution is 0.0940. The van der Waals surface area contributed by atoms with Crippen molar-refractivity contribution in [1.82, 2.24) is 10.3 Å². The SMILES string of the molecule is CNc1ccc(Cl)c(C(=O)NCC2CCCC2C)n1. The molecule has 0 radical (unpaired) electrons. The number of nitrogens with one attached hydrogen (secondary N) is 2. The van der Waals surface area contributed by atoms with Gasteiger partial charge >= 0.3 is 0 Å². The predicted molar refractivity (Wildman–Crippen MR) is 77.6 cm³/mol. The van der Waals surface area contributed by atoms with Crippen molar-refractivity contribution in [2.75, 3.05) is 18.9 Å². The molecule has 1 saturated carbocycles. The monoisotopic (exact) mass is 281 g/mol. The van der Waals surface area contributed by atoms with Crippen LogP contribution in [0.3, 0.4) is 0 Å². The third-order valence-electron chi connectivity index (χ3n) is 3.88. The molecule has 0 aromatic carbocycles. The fraction of sp³-hybridized carbons (Fsp3) is 0.571. The summed E-state index contributed by atoms with van der Waals surface area (Å²) >= 11 is 6.02. The standard InChI is InChI=1S/C14H20ClN3O/c1-9-4-3-5-10(9)8-17-14(19)13-11(15)6-7-12(16-2)18-13/h6-7,9-10H,3-5,8H2,1-2H3,(H,16,18)(H,17,19). The number of hydrogen-bond acceptors (Lipinski definition) is 3. The molecule has 4 nitrogen and oxygen atoms in total. The van der Waals surface area contributed by atoms with Gasteiger partial charge < -0.3 is 10.6 Å². The normalized spacial score (nSPS) is 22.3. The fourth-order valence-corrected chi connectivity index (χ4v) is 2.76. The summed E-state index contributed by atoms with van der Waals surface area (Å²) in [5, 5.41) is 6.24. The molecule has 2 rings (SSSR count). The average Bonchev–Trinajstić information content (AvgIpc) is 2.82. The lowest BCUT2D eigenvalue weighted by Crippen LogP contribution is -2.31. The zero-order chi connectivity index (χ0) is 13.8. The summed E-state index contributed by atoms with van der Waals surface area (Å²) in [6.45, 7) is 2.96. The molecule has 1 amide bonds. The van der Waals surface area contributed by atoms with Gasteiger partial charge in [-0.05, 0) is 30.4 Å². The van der Waals surface area contributed by atoms with Crippen molar-refractivity contribution >= 4 is 23.3 Å². The van der Waals surface area contributed by atoms with E-state index in [0.29, 0.717) is 34.9 Å². The highest BCUT2D eigenvalue weighted by Crippen LogP contribution is 2.30. The van der Waals surface area contributed by atoms with E-state index in [2.05, 4.69) is 22.5 Å². The molecular formula is C14H20ClN3O. The largest absolute Gasteiger partial charge is 0.373 e. The van der Waals surface area contributed by atoms with Gasteiger partial charge in [-0.25, -0.2) is 4.98 Å². The van der Waals surface area contributed by atoms with E-state index in [0.717, 1.165) is 0 Å². The third-order valence-corrected chi connectivity index (χ3v) is 4.19. The van der Waals surface area contributed by atoms with Crippen molar-refractivity contribution in [3.63, 3.8) is 0 Å². The summed E-state index contributed by atoms with van der Waals surface area (Å²) < 4.78 is 0. The third kappa shape index (κ3) is 3.38. The molecule has 2 atom stereocenters. The molecule has 2 N–H and O–H groups in total. The Balaban J connectivity index is 1.99. The van der Waals surface area contributed by atoms with Crippen molar-refractivity contribution in [1.29, 1.82) is 0 Å². The van der Waals surface area contributed by atoms with E-state index in [9.17, 15) is 4.79 Å². The van der Waals surface area contributed by atoms with E-state index in [4.69, 9.17) is 11.6 Å². The lowest BCUT2D eigenvalue weighted by Gasteiger charge is -2.16. The van der Waals surface area contributed by atoms with Crippen molar-refractivity contribution in [2.24, 2.45) is 11.8 Å². The Morgan fingerprint density at radius 3 is 2.89 bits per heavy atom. The number of amides is 1. The average molecular weight is 282 g/mol. The van der Waals surface area contributed by atoms with Crippen LogP contribution in [0.1, 0.15) is 36.7 Å². The van der Waals surface area contributed by atoms with E-state index in [1.807, 2.05) is 0 Å². The molecule has 1 heterocycles. The second kappa shape index (κ2) is 6.24. The Morgan fingerprint density at radius 2 is 2.26 bits per heavy atom. The lowest BCUT2D eigenvalue weighted by atomic mass is 9.98. The molecular weight excluding hydrogens is 262 g/mol. The van der Waals surface area contributed by atoms with Gasteiger partial charge in [0.15, 0.2) is 0 Å². The van der Waals surface area contributed by atoms with E-state index < -0.39 is 0 Å².